The van der Waals surface area contributed by atoms with E-state index in [1.54, 1.807) is 13.8 Å². The van der Waals surface area contributed by atoms with Crippen LogP contribution in [0.3, 0.4) is 0 Å². The number of carbonyl (C=O) groups excluding carboxylic acids is 2. The van der Waals surface area contributed by atoms with Crippen molar-refractivity contribution in [2.24, 2.45) is 0 Å². The molecule has 0 unspecified atom stereocenters. The zero-order valence-corrected chi connectivity index (χ0v) is 19.4. The summed E-state index contributed by atoms with van der Waals surface area (Å²) in [6.45, 7) is 15.7. The normalized spacial score (nSPS) is 10.7. The second-order valence-corrected chi connectivity index (χ2v) is 6.51. The maximum absolute atomic E-state index is 11.1. The van der Waals surface area contributed by atoms with Gasteiger partial charge in [-0.2, -0.15) is 0 Å². The molecule has 0 rings (SSSR count). The molecule has 0 radical (unpaired) electrons. The van der Waals surface area contributed by atoms with Crippen molar-refractivity contribution in [3.63, 3.8) is 0 Å². The van der Waals surface area contributed by atoms with E-state index in [-0.39, 0.29) is 13.2 Å². The Balaban J connectivity index is 3.12. The monoisotopic (exact) mass is 462 g/mol. The molecule has 0 fully saturated rings. The zero-order chi connectivity index (χ0) is 23.9. The van der Waals surface area contributed by atoms with E-state index in [4.69, 9.17) is 37.9 Å². The minimum absolute atomic E-state index is 0.197. The second kappa shape index (κ2) is 22.4. The predicted molar refractivity (Wildman–Crippen MR) is 116 cm³/mol. The molecule has 10 nitrogen and oxygen atoms in total. The van der Waals surface area contributed by atoms with Gasteiger partial charge in [-0.15, -0.1) is 0 Å². The van der Waals surface area contributed by atoms with Crippen LogP contribution in [0, 0.1) is 0 Å². The lowest BCUT2D eigenvalue weighted by Gasteiger charge is -2.08. The van der Waals surface area contributed by atoms with Crippen molar-refractivity contribution >= 4 is 11.9 Å². The molecule has 0 bridgehead atoms. The summed E-state index contributed by atoms with van der Waals surface area (Å²) in [6.07, 6.45) is 0. The molecule has 0 atom stereocenters. The molecule has 0 aliphatic heterocycles. The van der Waals surface area contributed by atoms with E-state index in [1.807, 2.05) is 0 Å². The van der Waals surface area contributed by atoms with Gasteiger partial charge in [0.25, 0.3) is 0 Å². The van der Waals surface area contributed by atoms with Crippen LogP contribution in [-0.2, 0) is 47.5 Å². The van der Waals surface area contributed by atoms with Gasteiger partial charge in [0.1, 0.15) is 13.2 Å². The molecule has 0 saturated heterocycles. The fourth-order valence-electron chi connectivity index (χ4n) is 1.83. The topological polar surface area (TPSA) is 108 Å². The molecule has 0 amide bonds. The van der Waals surface area contributed by atoms with Gasteiger partial charge in [0.2, 0.25) is 0 Å². The average molecular weight is 463 g/mol. The van der Waals surface area contributed by atoms with E-state index in [2.05, 4.69) is 13.2 Å². The van der Waals surface area contributed by atoms with Gasteiger partial charge in [-0.1, -0.05) is 13.2 Å². The van der Waals surface area contributed by atoms with Crippen LogP contribution in [0.5, 0.6) is 0 Å². The summed E-state index contributed by atoms with van der Waals surface area (Å²) in [6, 6.07) is 0. The zero-order valence-electron chi connectivity index (χ0n) is 19.4. The van der Waals surface area contributed by atoms with Crippen LogP contribution in [0.25, 0.3) is 0 Å². The molecule has 0 aliphatic rings. The van der Waals surface area contributed by atoms with E-state index in [9.17, 15) is 9.59 Å². The Labute approximate surface area is 190 Å². The van der Waals surface area contributed by atoms with Crippen LogP contribution in [0.1, 0.15) is 13.8 Å². The number of hydrogen-bond acceptors (Lipinski definition) is 10. The van der Waals surface area contributed by atoms with Gasteiger partial charge in [-0.3, -0.25) is 0 Å². The van der Waals surface area contributed by atoms with Gasteiger partial charge in [0.15, 0.2) is 0 Å². The van der Waals surface area contributed by atoms with Crippen LogP contribution in [0.15, 0.2) is 24.3 Å². The van der Waals surface area contributed by atoms with Crippen molar-refractivity contribution in [2.45, 2.75) is 13.8 Å². The van der Waals surface area contributed by atoms with Crippen LogP contribution in [-0.4, -0.2) is 104 Å². The van der Waals surface area contributed by atoms with E-state index in [0.29, 0.717) is 90.4 Å². The first-order valence-electron chi connectivity index (χ1n) is 10.6. The van der Waals surface area contributed by atoms with E-state index < -0.39 is 11.9 Å². The van der Waals surface area contributed by atoms with Crippen molar-refractivity contribution < 1.29 is 47.5 Å². The minimum Gasteiger partial charge on any atom is -0.460 e. The van der Waals surface area contributed by atoms with Crippen molar-refractivity contribution in [3.8, 4) is 0 Å². The summed E-state index contributed by atoms with van der Waals surface area (Å²) in [4.78, 5) is 22.3. The molecule has 0 heterocycles. The fraction of sp³-hybridized carbons (Fsp3) is 0.727. The molecule has 186 valence electrons. The highest BCUT2D eigenvalue weighted by Crippen LogP contribution is 1.92. The van der Waals surface area contributed by atoms with Crippen LogP contribution >= 0.6 is 0 Å². The number of rotatable bonds is 23. The van der Waals surface area contributed by atoms with Gasteiger partial charge < -0.3 is 37.9 Å². The summed E-state index contributed by atoms with van der Waals surface area (Å²) < 4.78 is 41.8. The predicted octanol–water partition coefficient (Wildman–Crippen LogP) is 1.32. The number of carbonyl (C=O) groups is 2. The molecular formula is C22H38O10. The molecule has 10 heteroatoms. The van der Waals surface area contributed by atoms with Crippen molar-refractivity contribution in [1.29, 1.82) is 0 Å². The number of ether oxygens (including phenoxy) is 8. The summed E-state index contributed by atoms with van der Waals surface area (Å²) in [5, 5.41) is 0. The fourth-order valence-corrected chi connectivity index (χ4v) is 1.83. The molecular weight excluding hydrogens is 424 g/mol. The molecule has 0 aromatic heterocycles. The Hall–Kier alpha value is -1.82. The molecule has 0 spiro atoms. The standard InChI is InChI=1S/C22H38O10/c1-19(2)21(23)31-17-15-29-13-11-27-9-7-25-5-6-26-8-10-28-12-14-30-16-18-32-22(24)20(3)4/h1,3,5-18H2,2,4H3. The molecule has 0 saturated carbocycles. The highest BCUT2D eigenvalue weighted by molar-refractivity contribution is 5.87. The Morgan fingerprint density at radius 3 is 0.812 bits per heavy atom. The molecule has 0 aliphatic carbocycles. The molecule has 0 aromatic rings. The van der Waals surface area contributed by atoms with Crippen molar-refractivity contribution in [1.82, 2.24) is 0 Å². The summed E-state index contributed by atoms with van der Waals surface area (Å²) in [7, 11) is 0. The van der Waals surface area contributed by atoms with Gasteiger partial charge >= 0.3 is 11.9 Å². The lowest BCUT2D eigenvalue weighted by molar-refractivity contribution is -0.141. The number of esters is 2. The van der Waals surface area contributed by atoms with Gasteiger partial charge in [-0.05, 0) is 13.8 Å². The SMILES string of the molecule is C=C(C)C(=O)OCCOCCOCCOCCOCCOCCOCCOC(=O)C(=C)C. The first-order valence-corrected chi connectivity index (χ1v) is 10.6. The Morgan fingerprint density at radius 1 is 0.438 bits per heavy atom. The average Bonchev–Trinajstić information content (AvgIpc) is 2.76. The van der Waals surface area contributed by atoms with E-state index in [0.717, 1.165) is 0 Å². The van der Waals surface area contributed by atoms with Crippen molar-refractivity contribution in [3.05, 3.63) is 24.3 Å². The lowest BCUT2D eigenvalue weighted by atomic mass is 10.4. The third kappa shape index (κ3) is 21.4. The summed E-state index contributed by atoms with van der Waals surface area (Å²) in [5.41, 5.74) is 0.734. The maximum atomic E-state index is 11.1. The maximum Gasteiger partial charge on any atom is 0.333 e. The Morgan fingerprint density at radius 2 is 0.625 bits per heavy atom. The van der Waals surface area contributed by atoms with Crippen LogP contribution in [0.2, 0.25) is 0 Å². The first-order chi connectivity index (χ1) is 15.4. The molecule has 32 heavy (non-hydrogen) atoms. The summed E-state index contributed by atoms with van der Waals surface area (Å²) in [5.74, 6) is -0.832. The molecule has 0 aromatic carbocycles. The van der Waals surface area contributed by atoms with Crippen LogP contribution < -0.4 is 0 Å². The van der Waals surface area contributed by atoms with E-state index in [1.165, 1.54) is 0 Å². The van der Waals surface area contributed by atoms with Crippen molar-refractivity contribution in [2.75, 3.05) is 92.5 Å². The highest BCUT2D eigenvalue weighted by atomic mass is 16.6. The third-order valence-corrected chi connectivity index (χ3v) is 3.48. The minimum atomic E-state index is -0.416. The third-order valence-electron chi connectivity index (χ3n) is 3.48. The lowest BCUT2D eigenvalue weighted by Crippen LogP contribution is -2.15. The van der Waals surface area contributed by atoms with E-state index >= 15 is 0 Å². The quantitative estimate of drug-likeness (QED) is 0.125. The summed E-state index contributed by atoms with van der Waals surface area (Å²) >= 11 is 0. The first kappa shape index (κ1) is 30.2. The van der Waals surface area contributed by atoms with Gasteiger partial charge in [0.05, 0.1) is 79.3 Å². The highest BCUT2D eigenvalue weighted by Gasteiger charge is 2.02. The van der Waals surface area contributed by atoms with Gasteiger partial charge in [-0.25, -0.2) is 9.59 Å². The van der Waals surface area contributed by atoms with Gasteiger partial charge in [0, 0.05) is 11.1 Å². The largest absolute Gasteiger partial charge is 0.460 e. The number of hydrogen-bond donors (Lipinski definition) is 0. The van der Waals surface area contributed by atoms with Crippen LogP contribution in [0.4, 0.5) is 0 Å². The second-order valence-electron chi connectivity index (χ2n) is 6.51. The Kier molecular flexibility index (Phi) is 21.1. The Bertz CT molecular complexity index is 475. The smallest absolute Gasteiger partial charge is 0.333 e. The molecule has 0 N–H and O–H groups in total.